The fraction of sp³-hybridized carbons (Fsp3) is 0.235. The lowest BCUT2D eigenvalue weighted by Crippen LogP contribution is -2.37. The molecule has 1 N–H and O–H groups in total. The zero-order chi connectivity index (χ0) is 15.9. The van der Waals surface area contributed by atoms with Crippen LogP contribution in [-0.2, 0) is 13.0 Å². The zero-order valence-electron chi connectivity index (χ0n) is 12.4. The fourth-order valence-electron chi connectivity index (χ4n) is 2.09. The quantitative estimate of drug-likeness (QED) is 0.863. The number of carbonyl (C=O) groups excluding carboxylic acids is 1. The van der Waals surface area contributed by atoms with Crippen LogP contribution in [0.4, 0.5) is 4.79 Å². The van der Waals surface area contributed by atoms with Crippen molar-refractivity contribution >= 4 is 29.2 Å². The summed E-state index contributed by atoms with van der Waals surface area (Å²) in [4.78, 5) is 13.7. The van der Waals surface area contributed by atoms with Crippen LogP contribution < -0.4 is 5.32 Å². The standard InChI is InChI=1S/C17H18Cl2N2O/c1-21(12-14-7-3-5-9-16(14)19)17(22)20-11-10-13-6-2-4-8-15(13)18/h2-9H,10-12H2,1H3,(H,20,22). The molecule has 0 fully saturated rings. The first-order valence-electron chi connectivity index (χ1n) is 7.03. The number of carbonyl (C=O) groups is 1. The molecule has 0 spiro atoms. The van der Waals surface area contributed by atoms with Crippen LogP contribution in [0.3, 0.4) is 0 Å². The van der Waals surface area contributed by atoms with Crippen LogP contribution in [0.1, 0.15) is 11.1 Å². The molecule has 2 aromatic carbocycles. The van der Waals surface area contributed by atoms with Crippen molar-refractivity contribution in [3.63, 3.8) is 0 Å². The highest BCUT2D eigenvalue weighted by atomic mass is 35.5. The second kappa shape index (κ2) is 8.06. The van der Waals surface area contributed by atoms with Crippen molar-refractivity contribution < 1.29 is 4.79 Å². The highest BCUT2D eigenvalue weighted by Crippen LogP contribution is 2.17. The van der Waals surface area contributed by atoms with Gasteiger partial charge in [-0.2, -0.15) is 0 Å². The lowest BCUT2D eigenvalue weighted by Gasteiger charge is -2.18. The molecule has 116 valence electrons. The Balaban J connectivity index is 1.82. The van der Waals surface area contributed by atoms with Crippen LogP contribution >= 0.6 is 23.2 Å². The van der Waals surface area contributed by atoms with Crippen LogP contribution in [0, 0.1) is 0 Å². The Morgan fingerprint density at radius 3 is 2.14 bits per heavy atom. The topological polar surface area (TPSA) is 32.3 Å². The van der Waals surface area contributed by atoms with Crippen molar-refractivity contribution in [2.24, 2.45) is 0 Å². The molecule has 0 aromatic heterocycles. The Labute approximate surface area is 140 Å². The van der Waals surface area contributed by atoms with Crippen molar-refractivity contribution in [1.82, 2.24) is 10.2 Å². The van der Waals surface area contributed by atoms with Crippen molar-refractivity contribution in [3.05, 3.63) is 69.7 Å². The van der Waals surface area contributed by atoms with Crippen molar-refractivity contribution in [2.45, 2.75) is 13.0 Å². The van der Waals surface area contributed by atoms with Gasteiger partial charge in [-0.3, -0.25) is 0 Å². The summed E-state index contributed by atoms with van der Waals surface area (Å²) in [5.74, 6) is 0. The molecule has 22 heavy (non-hydrogen) atoms. The van der Waals surface area contributed by atoms with Gasteiger partial charge in [0, 0.05) is 30.2 Å². The van der Waals surface area contributed by atoms with Gasteiger partial charge in [0.2, 0.25) is 0 Å². The number of nitrogens with one attached hydrogen (secondary N) is 1. The van der Waals surface area contributed by atoms with Crippen LogP contribution in [0.15, 0.2) is 48.5 Å². The molecule has 0 aliphatic rings. The maximum atomic E-state index is 12.1. The summed E-state index contributed by atoms with van der Waals surface area (Å²) in [7, 11) is 1.74. The first kappa shape index (κ1) is 16.7. The third kappa shape index (κ3) is 4.65. The molecular formula is C17H18Cl2N2O. The zero-order valence-corrected chi connectivity index (χ0v) is 13.9. The Kier molecular flexibility index (Phi) is 6.10. The number of urea groups is 1. The third-order valence-electron chi connectivity index (χ3n) is 3.34. The Hall–Kier alpha value is -1.71. The monoisotopic (exact) mass is 336 g/mol. The highest BCUT2D eigenvalue weighted by Gasteiger charge is 2.10. The smallest absolute Gasteiger partial charge is 0.317 e. The molecule has 0 bridgehead atoms. The molecule has 2 rings (SSSR count). The van der Waals surface area contributed by atoms with Crippen LogP contribution in [0.5, 0.6) is 0 Å². The van der Waals surface area contributed by atoms with E-state index in [1.807, 2.05) is 48.5 Å². The van der Waals surface area contributed by atoms with E-state index in [0.29, 0.717) is 24.5 Å². The van der Waals surface area contributed by atoms with E-state index in [1.165, 1.54) is 0 Å². The van der Waals surface area contributed by atoms with Crippen LogP contribution in [0.2, 0.25) is 10.0 Å². The van der Waals surface area contributed by atoms with Gasteiger partial charge in [-0.15, -0.1) is 0 Å². The first-order valence-corrected chi connectivity index (χ1v) is 7.79. The Morgan fingerprint density at radius 2 is 1.55 bits per heavy atom. The minimum Gasteiger partial charge on any atom is -0.338 e. The van der Waals surface area contributed by atoms with E-state index in [4.69, 9.17) is 23.2 Å². The lowest BCUT2D eigenvalue weighted by molar-refractivity contribution is 0.207. The van der Waals surface area contributed by atoms with Crippen molar-refractivity contribution in [1.29, 1.82) is 0 Å². The molecular weight excluding hydrogens is 319 g/mol. The summed E-state index contributed by atoms with van der Waals surface area (Å²) in [5.41, 5.74) is 1.95. The van der Waals surface area contributed by atoms with Gasteiger partial charge in [0.25, 0.3) is 0 Å². The summed E-state index contributed by atoms with van der Waals surface area (Å²) in [6.07, 6.45) is 0.700. The molecule has 0 unspecified atom stereocenters. The third-order valence-corrected chi connectivity index (χ3v) is 4.08. The normalized spacial score (nSPS) is 10.3. The molecule has 0 heterocycles. The largest absolute Gasteiger partial charge is 0.338 e. The molecule has 0 radical (unpaired) electrons. The van der Waals surface area contributed by atoms with Gasteiger partial charge in [0.15, 0.2) is 0 Å². The average Bonchev–Trinajstić information content (AvgIpc) is 2.51. The number of halogens is 2. The average molecular weight is 337 g/mol. The second-order valence-corrected chi connectivity index (χ2v) is 5.84. The van der Waals surface area contributed by atoms with Gasteiger partial charge >= 0.3 is 6.03 Å². The molecule has 2 amide bonds. The SMILES string of the molecule is CN(Cc1ccccc1Cl)C(=O)NCCc1ccccc1Cl. The molecule has 5 heteroatoms. The second-order valence-electron chi connectivity index (χ2n) is 5.02. The van der Waals surface area contributed by atoms with Crippen LogP contribution in [0.25, 0.3) is 0 Å². The Bertz CT molecular complexity index is 646. The summed E-state index contributed by atoms with van der Waals surface area (Å²) in [5, 5.41) is 4.27. The maximum Gasteiger partial charge on any atom is 0.317 e. The molecule has 0 saturated heterocycles. The van der Waals surface area contributed by atoms with E-state index in [1.54, 1.807) is 11.9 Å². The predicted molar refractivity (Wildman–Crippen MR) is 91.5 cm³/mol. The molecule has 0 aliphatic heterocycles. The number of hydrogen-bond donors (Lipinski definition) is 1. The van der Waals surface area contributed by atoms with Gasteiger partial charge in [0.1, 0.15) is 0 Å². The number of hydrogen-bond acceptors (Lipinski definition) is 1. The molecule has 0 aliphatic carbocycles. The van der Waals surface area contributed by atoms with E-state index < -0.39 is 0 Å². The number of amides is 2. The minimum atomic E-state index is -0.132. The minimum absolute atomic E-state index is 0.132. The summed E-state index contributed by atoms with van der Waals surface area (Å²) in [6, 6.07) is 15.0. The molecule has 2 aromatic rings. The van der Waals surface area contributed by atoms with Gasteiger partial charge in [-0.25, -0.2) is 4.79 Å². The highest BCUT2D eigenvalue weighted by molar-refractivity contribution is 6.31. The Morgan fingerprint density at radius 1 is 1.00 bits per heavy atom. The van der Waals surface area contributed by atoms with E-state index >= 15 is 0 Å². The van der Waals surface area contributed by atoms with E-state index in [2.05, 4.69) is 5.32 Å². The van der Waals surface area contributed by atoms with Gasteiger partial charge in [-0.1, -0.05) is 59.6 Å². The van der Waals surface area contributed by atoms with Crippen molar-refractivity contribution in [2.75, 3.05) is 13.6 Å². The summed E-state index contributed by atoms with van der Waals surface area (Å²) in [6.45, 7) is 1.01. The van der Waals surface area contributed by atoms with Crippen molar-refractivity contribution in [3.8, 4) is 0 Å². The molecule has 3 nitrogen and oxygen atoms in total. The number of rotatable bonds is 5. The van der Waals surface area contributed by atoms with Gasteiger partial charge in [0.05, 0.1) is 0 Å². The van der Waals surface area contributed by atoms with Gasteiger partial charge in [-0.05, 0) is 29.7 Å². The maximum absolute atomic E-state index is 12.1. The number of nitrogens with zero attached hydrogens (tertiary/aromatic N) is 1. The summed E-state index contributed by atoms with van der Waals surface area (Å²) >= 11 is 12.2. The molecule has 0 saturated carbocycles. The predicted octanol–water partition coefficient (Wildman–Crippen LogP) is 4.38. The molecule has 0 atom stereocenters. The van der Waals surface area contributed by atoms with E-state index in [-0.39, 0.29) is 6.03 Å². The van der Waals surface area contributed by atoms with Crippen LogP contribution in [-0.4, -0.2) is 24.5 Å². The first-order chi connectivity index (χ1) is 10.6. The lowest BCUT2D eigenvalue weighted by atomic mass is 10.1. The van der Waals surface area contributed by atoms with Gasteiger partial charge < -0.3 is 10.2 Å². The van der Waals surface area contributed by atoms with E-state index in [0.717, 1.165) is 16.1 Å². The fourth-order valence-corrected chi connectivity index (χ4v) is 2.52. The summed E-state index contributed by atoms with van der Waals surface area (Å²) < 4.78 is 0. The number of benzene rings is 2. The van der Waals surface area contributed by atoms with E-state index in [9.17, 15) is 4.79 Å².